The van der Waals surface area contributed by atoms with Crippen LogP contribution in [0.15, 0.2) is 70.5 Å². The minimum Gasteiger partial charge on any atom is -0.303 e. The summed E-state index contributed by atoms with van der Waals surface area (Å²) in [4.78, 5) is 15.6. The largest absolute Gasteiger partial charge is 0.303 e. The number of thiophene rings is 1. The quantitative estimate of drug-likeness (QED) is 0.566. The van der Waals surface area contributed by atoms with Crippen molar-refractivity contribution in [3.63, 3.8) is 0 Å². The molecule has 1 aromatic heterocycles. The highest BCUT2D eigenvalue weighted by Crippen LogP contribution is 2.25. The van der Waals surface area contributed by atoms with Crippen molar-refractivity contribution in [3.8, 4) is 0 Å². The van der Waals surface area contributed by atoms with Gasteiger partial charge in [-0.1, -0.05) is 52.3 Å². The number of nitrogens with zero attached hydrogens (tertiary/aromatic N) is 1. The zero-order valence-corrected chi connectivity index (χ0v) is 15.1. The van der Waals surface area contributed by atoms with E-state index in [4.69, 9.17) is 0 Å². The molecule has 0 spiro atoms. The van der Waals surface area contributed by atoms with Crippen LogP contribution in [-0.4, -0.2) is 5.91 Å². The lowest BCUT2D eigenvalue weighted by Gasteiger charge is -2.24. The van der Waals surface area contributed by atoms with Gasteiger partial charge >= 0.3 is 0 Å². The normalized spacial score (nSPS) is 10.5. The average molecular weight is 386 g/mol. The molecule has 23 heavy (non-hydrogen) atoms. The van der Waals surface area contributed by atoms with Crippen molar-refractivity contribution in [1.82, 2.24) is 0 Å². The number of amides is 1. The maximum Gasteiger partial charge on any atom is 0.268 e. The van der Waals surface area contributed by atoms with E-state index in [1.807, 2.05) is 77.9 Å². The van der Waals surface area contributed by atoms with Crippen LogP contribution in [0.25, 0.3) is 0 Å². The number of carbonyl (C=O) groups excluding carboxylic acids is 1. The molecule has 0 saturated carbocycles. The molecule has 3 rings (SSSR count). The SMILES string of the molecule is Cc1ccccc1N(Cc1ccc(Br)cc1)C(=O)c1cccs1. The number of rotatable bonds is 4. The molecule has 0 aliphatic carbocycles. The molecule has 1 amide bonds. The first-order valence-electron chi connectivity index (χ1n) is 7.30. The van der Waals surface area contributed by atoms with Crippen molar-refractivity contribution in [2.75, 3.05) is 4.90 Å². The third-order valence-electron chi connectivity index (χ3n) is 3.64. The maximum absolute atomic E-state index is 13.0. The fraction of sp³-hybridized carbons (Fsp3) is 0.105. The Bertz CT molecular complexity index is 797. The summed E-state index contributed by atoms with van der Waals surface area (Å²) in [5.41, 5.74) is 3.14. The van der Waals surface area contributed by atoms with E-state index in [1.54, 1.807) is 0 Å². The van der Waals surface area contributed by atoms with Crippen LogP contribution >= 0.6 is 27.3 Å². The number of hydrogen-bond donors (Lipinski definition) is 0. The number of anilines is 1. The van der Waals surface area contributed by atoms with E-state index in [9.17, 15) is 4.79 Å². The Kier molecular flexibility index (Phi) is 4.94. The smallest absolute Gasteiger partial charge is 0.268 e. The summed E-state index contributed by atoms with van der Waals surface area (Å²) in [6.07, 6.45) is 0. The highest BCUT2D eigenvalue weighted by molar-refractivity contribution is 9.10. The lowest BCUT2D eigenvalue weighted by atomic mass is 10.1. The zero-order valence-electron chi connectivity index (χ0n) is 12.7. The molecule has 4 heteroatoms. The molecule has 0 unspecified atom stereocenters. The lowest BCUT2D eigenvalue weighted by Crippen LogP contribution is -2.30. The van der Waals surface area contributed by atoms with E-state index in [-0.39, 0.29) is 5.91 Å². The van der Waals surface area contributed by atoms with Gasteiger partial charge in [-0.15, -0.1) is 11.3 Å². The average Bonchev–Trinajstić information content (AvgIpc) is 3.09. The van der Waals surface area contributed by atoms with E-state index in [0.717, 1.165) is 26.2 Å². The first-order chi connectivity index (χ1) is 11.1. The minimum atomic E-state index is 0.0391. The predicted molar refractivity (Wildman–Crippen MR) is 100 cm³/mol. The lowest BCUT2D eigenvalue weighted by molar-refractivity contribution is 0.0989. The first-order valence-corrected chi connectivity index (χ1v) is 8.98. The second-order valence-electron chi connectivity index (χ2n) is 5.28. The summed E-state index contributed by atoms with van der Waals surface area (Å²) in [7, 11) is 0. The number of halogens is 1. The monoisotopic (exact) mass is 385 g/mol. The molecule has 3 aromatic rings. The van der Waals surface area contributed by atoms with Gasteiger partial charge in [-0.25, -0.2) is 0 Å². The summed E-state index contributed by atoms with van der Waals surface area (Å²) in [6.45, 7) is 2.58. The summed E-state index contributed by atoms with van der Waals surface area (Å²) in [6, 6.07) is 19.9. The molecular formula is C19H16BrNOS. The highest BCUT2D eigenvalue weighted by Gasteiger charge is 2.20. The van der Waals surface area contributed by atoms with Gasteiger partial charge in [-0.05, 0) is 47.7 Å². The Labute approximate surface area is 148 Å². The molecule has 0 fully saturated rings. The van der Waals surface area contributed by atoms with E-state index in [0.29, 0.717) is 6.54 Å². The fourth-order valence-corrected chi connectivity index (χ4v) is 3.37. The topological polar surface area (TPSA) is 20.3 Å². The molecule has 0 atom stereocenters. The first kappa shape index (κ1) is 16.0. The molecule has 0 aliphatic rings. The van der Waals surface area contributed by atoms with Crippen molar-refractivity contribution in [2.24, 2.45) is 0 Å². The highest BCUT2D eigenvalue weighted by atomic mass is 79.9. The van der Waals surface area contributed by atoms with Crippen LogP contribution < -0.4 is 4.90 Å². The molecule has 0 saturated heterocycles. The minimum absolute atomic E-state index is 0.0391. The number of hydrogen-bond acceptors (Lipinski definition) is 2. The van der Waals surface area contributed by atoms with Crippen molar-refractivity contribution in [3.05, 3.63) is 86.5 Å². The van der Waals surface area contributed by atoms with Crippen LogP contribution in [0.1, 0.15) is 20.8 Å². The van der Waals surface area contributed by atoms with Gasteiger partial charge < -0.3 is 4.90 Å². The molecule has 2 nitrogen and oxygen atoms in total. The van der Waals surface area contributed by atoms with Crippen molar-refractivity contribution >= 4 is 38.9 Å². The Morgan fingerprint density at radius 3 is 2.43 bits per heavy atom. The molecular weight excluding hydrogens is 370 g/mol. The van der Waals surface area contributed by atoms with E-state index in [1.165, 1.54) is 11.3 Å². The summed E-state index contributed by atoms with van der Waals surface area (Å²) in [5.74, 6) is 0.0391. The molecule has 0 N–H and O–H groups in total. The number of benzene rings is 2. The Hall–Kier alpha value is -1.91. The van der Waals surface area contributed by atoms with Gasteiger partial charge in [0, 0.05) is 10.2 Å². The van der Waals surface area contributed by atoms with Crippen LogP contribution in [0.3, 0.4) is 0 Å². The third kappa shape index (κ3) is 3.71. The summed E-state index contributed by atoms with van der Waals surface area (Å²) < 4.78 is 1.04. The molecule has 116 valence electrons. The zero-order chi connectivity index (χ0) is 16.2. The van der Waals surface area contributed by atoms with E-state index >= 15 is 0 Å². The standard InChI is InChI=1S/C19H16BrNOS/c1-14-5-2-3-6-17(14)21(19(22)18-7-4-12-23-18)13-15-8-10-16(20)11-9-15/h2-12H,13H2,1H3. The Morgan fingerprint density at radius 2 is 1.78 bits per heavy atom. The van der Waals surface area contributed by atoms with Crippen LogP contribution in [0.5, 0.6) is 0 Å². The fourth-order valence-electron chi connectivity index (χ4n) is 2.44. The number of para-hydroxylation sites is 1. The summed E-state index contributed by atoms with van der Waals surface area (Å²) in [5, 5.41) is 1.93. The van der Waals surface area contributed by atoms with Crippen LogP contribution in [0.4, 0.5) is 5.69 Å². The Morgan fingerprint density at radius 1 is 1.04 bits per heavy atom. The third-order valence-corrected chi connectivity index (χ3v) is 5.02. The van der Waals surface area contributed by atoms with Gasteiger partial charge in [0.2, 0.25) is 0 Å². The van der Waals surface area contributed by atoms with Crippen molar-refractivity contribution in [2.45, 2.75) is 13.5 Å². The van der Waals surface area contributed by atoms with Crippen LogP contribution in [0, 0.1) is 6.92 Å². The van der Waals surface area contributed by atoms with E-state index in [2.05, 4.69) is 15.9 Å². The molecule has 0 radical (unpaired) electrons. The number of aryl methyl sites for hydroxylation is 1. The number of carbonyl (C=O) groups is 1. The Balaban J connectivity index is 1.98. The van der Waals surface area contributed by atoms with Crippen molar-refractivity contribution in [1.29, 1.82) is 0 Å². The molecule has 1 heterocycles. The van der Waals surface area contributed by atoms with Crippen molar-refractivity contribution < 1.29 is 4.79 Å². The van der Waals surface area contributed by atoms with Gasteiger partial charge in [0.1, 0.15) is 0 Å². The summed E-state index contributed by atoms with van der Waals surface area (Å²) >= 11 is 4.92. The molecule has 2 aromatic carbocycles. The van der Waals surface area contributed by atoms with Gasteiger partial charge in [0.25, 0.3) is 5.91 Å². The maximum atomic E-state index is 13.0. The second kappa shape index (κ2) is 7.11. The van der Waals surface area contributed by atoms with E-state index < -0.39 is 0 Å². The second-order valence-corrected chi connectivity index (χ2v) is 7.14. The van der Waals surface area contributed by atoms with Crippen LogP contribution in [-0.2, 0) is 6.54 Å². The predicted octanol–water partition coefficient (Wildman–Crippen LogP) is 5.67. The van der Waals surface area contributed by atoms with Crippen LogP contribution in [0.2, 0.25) is 0 Å². The van der Waals surface area contributed by atoms with Gasteiger partial charge in [-0.2, -0.15) is 0 Å². The molecule has 0 bridgehead atoms. The van der Waals surface area contributed by atoms with Gasteiger partial charge in [0.05, 0.1) is 11.4 Å². The molecule has 0 aliphatic heterocycles. The van der Waals surface area contributed by atoms with Gasteiger partial charge in [-0.3, -0.25) is 4.79 Å². The van der Waals surface area contributed by atoms with Gasteiger partial charge in [0.15, 0.2) is 0 Å².